The summed E-state index contributed by atoms with van der Waals surface area (Å²) in [6, 6.07) is 1.21. The minimum atomic E-state index is -4.54. The summed E-state index contributed by atoms with van der Waals surface area (Å²) < 4.78 is 39.7. The number of rotatable bonds is 5. The molecule has 1 aliphatic rings. The van der Waals surface area contributed by atoms with Gasteiger partial charge >= 0.3 is 6.18 Å². The summed E-state index contributed by atoms with van der Waals surface area (Å²) in [5, 5.41) is 2.14. The average Bonchev–Trinajstić information content (AvgIpc) is 2.53. The quantitative estimate of drug-likeness (QED) is 0.892. The molecular weight excluding hydrogens is 319 g/mol. The lowest BCUT2D eigenvalue weighted by Crippen LogP contribution is -2.41. The van der Waals surface area contributed by atoms with Crippen LogP contribution < -0.4 is 5.32 Å². The van der Waals surface area contributed by atoms with Crippen molar-refractivity contribution in [3.63, 3.8) is 0 Å². The predicted molar refractivity (Wildman–Crippen MR) is 85.2 cm³/mol. The molecule has 1 aromatic heterocycles. The lowest BCUT2D eigenvalue weighted by Gasteiger charge is -2.34. The maximum atomic E-state index is 13.2. The van der Waals surface area contributed by atoms with E-state index in [9.17, 15) is 18.0 Å². The van der Waals surface area contributed by atoms with Crippen LogP contribution in [0.2, 0.25) is 0 Å². The lowest BCUT2D eigenvalue weighted by atomic mass is 9.92. The maximum Gasteiger partial charge on any atom is 0.412 e. The summed E-state index contributed by atoms with van der Waals surface area (Å²) >= 11 is 0. The molecule has 2 rings (SSSR count). The number of likely N-dealkylation sites (tertiary alicyclic amines) is 1. The molecule has 1 unspecified atom stereocenters. The number of pyridine rings is 1. The minimum absolute atomic E-state index is 0.0482. The Balaban J connectivity index is 1.92. The number of carbonyl (C=O) groups excluding carboxylic acids is 1. The fourth-order valence-corrected chi connectivity index (χ4v) is 3.06. The molecule has 0 radical (unpaired) electrons. The summed E-state index contributed by atoms with van der Waals surface area (Å²) in [5.41, 5.74) is -0.0482. The molecule has 1 N–H and O–H groups in total. The number of aromatic nitrogens is 1. The van der Waals surface area contributed by atoms with Crippen LogP contribution in [0.15, 0.2) is 24.5 Å². The Hall–Kier alpha value is -1.63. The van der Waals surface area contributed by atoms with Crippen LogP contribution in [-0.2, 0) is 4.79 Å². The SMILES string of the molecule is CC(C)N1CCC(CC(=O)NC(c2cccnc2)C(F)(F)F)CC1. The first-order valence-corrected chi connectivity index (χ1v) is 8.27. The molecule has 0 aliphatic carbocycles. The van der Waals surface area contributed by atoms with Crippen molar-refractivity contribution in [1.82, 2.24) is 15.2 Å². The number of hydrogen-bond donors (Lipinski definition) is 1. The maximum absolute atomic E-state index is 13.2. The van der Waals surface area contributed by atoms with Crippen molar-refractivity contribution in [2.75, 3.05) is 13.1 Å². The van der Waals surface area contributed by atoms with Crippen molar-refractivity contribution in [1.29, 1.82) is 0 Å². The average molecular weight is 343 g/mol. The van der Waals surface area contributed by atoms with E-state index in [0.29, 0.717) is 6.04 Å². The van der Waals surface area contributed by atoms with Gasteiger partial charge in [-0.3, -0.25) is 9.78 Å². The van der Waals surface area contributed by atoms with Crippen LogP contribution in [0, 0.1) is 5.92 Å². The Morgan fingerprint density at radius 1 is 1.38 bits per heavy atom. The van der Waals surface area contributed by atoms with Crippen molar-refractivity contribution in [3.05, 3.63) is 30.1 Å². The number of nitrogens with one attached hydrogen (secondary N) is 1. The van der Waals surface area contributed by atoms with Crippen LogP contribution in [-0.4, -0.2) is 41.1 Å². The van der Waals surface area contributed by atoms with Gasteiger partial charge in [0.1, 0.15) is 0 Å². The normalized spacial score (nSPS) is 18.6. The molecule has 134 valence electrons. The fraction of sp³-hybridized carbons (Fsp3) is 0.647. The Bertz CT molecular complexity index is 526. The van der Waals surface area contributed by atoms with Crippen LogP contribution in [0.5, 0.6) is 0 Å². The van der Waals surface area contributed by atoms with Gasteiger partial charge in [0.2, 0.25) is 5.91 Å². The van der Waals surface area contributed by atoms with Gasteiger partial charge in [0.15, 0.2) is 6.04 Å². The van der Waals surface area contributed by atoms with Crippen LogP contribution in [0.25, 0.3) is 0 Å². The van der Waals surface area contributed by atoms with Crippen molar-refractivity contribution in [2.45, 2.75) is 51.4 Å². The number of halogens is 3. The van der Waals surface area contributed by atoms with Crippen LogP contribution >= 0.6 is 0 Å². The van der Waals surface area contributed by atoms with Gasteiger partial charge in [0, 0.05) is 30.4 Å². The second-order valence-corrected chi connectivity index (χ2v) is 6.61. The largest absolute Gasteiger partial charge is 0.412 e. The molecule has 7 heteroatoms. The predicted octanol–water partition coefficient (Wildman–Crippen LogP) is 3.31. The summed E-state index contributed by atoms with van der Waals surface area (Å²) in [5.74, 6) is -0.410. The zero-order valence-electron chi connectivity index (χ0n) is 14.0. The van der Waals surface area contributed by atoms with Crippen molar-refractivity contribution in [2.24, 2.45) is 5.92 Å². The molecule has 0 spiro atoms. The van der Waals surface area contributed by atoms with E-state index in [0.717, 1.165) is 32.1 Å². The smallest absolute Gasteiger partial charge is 0.341 e. The molecule has 1 aromatic rings. The van der Waals surface area contributed by atoms with E-state index >= 15 is 0 Å². The molecule has 1 saturated heterocycles. The third kappa shape index (κ3) is 5.19. The molecule has 1 fully saturated rings. The first-order chi connectivity index (χ1) is 11.3. The zero-order chi connectivity index (χ0) is 17.7. The van der Waals surface area contributed by atoms with Gasteiger partial charge in [-0.25, -0.2) is 0 Å². The number of carbonyl (C=O) groups is 1. The molecule has 1 amide bonds. The summed E-state index contributed by atoms with van der Waals surface area (Å²) in [6.45, 7) is 6.02. The molecule has 0 saturated carbocycles. The molecule has 24 heavy (non-hydrogen) atoms. The Morgan fingerprint density at radius 2 is 2.04 bits per heavy atom. The highest BCUT2D eigenvalue weighted by Gasteiger charge is 2.42. The van der Waals surface area contributed by atoms with Gasteiger partial charge in [0.05, 0.1) is 0 Å². The number of alkyl halides is 3. The van der Waals surface area contributed by atoms with Crippen molar-refractivity contribution in [3.8, 4) is 0 Å². The fourth-order valence-electron chi connectivity index (χ4n) is 3.06. The van der Waals surface area contributed by atoms with E-state index in [-0.39, 0.29) is 17.9 Å². The topological polar surface area (TPSA) is 45.2 Å². The van der Waals surface area contributed by atoms with Gasteiger partial charge in [-0.15, -0.1) is 0 Å². The second kappa shape index (κ2) is 7.96. The lowest BCUT2D eigenvalue weighted by molar-refractivity contribution is -0.163. The molecule has 2 heterocycles. The number of amides is 1. The molecule has 1 aliphatic heterocycles. The minimum Gasteiger partial charge on any atom is -0.341 e. The summed E-state index contributed by atoms with van der Waals surface area (Å²) in [4.78, 5) is 18.1. The van der Waals surface area contributed by atoms with Crippen LogP contribution in [0.4, 0.5) is 13.2 Å². The summed E-state index contributed by atoms with van der Waals surface area (Å²) in [6.07, 6.45) is -0.177. The number of nitrogens with zero attached hydrogens (tertiary/aromatic N) is 2. The van der Waals surface area contributed by atoms with E-state index in [1.807, 2.05) is 0 Å². The Labute approximate surface area is 140 Å². The number of piperidine rings is 1. The van der Waals surface area contributed by atoms with E-state index in [1.54, 1.807) is 0 Å². The first-order valence-electron chi connectivity index (χ1n) is 8.27. The second-order valence-electron chi connectivity index (χ2n) is 6.61. The molecule has 0 bridgehead atoms. The Morgan fingerprint density at radius 3 is 2.54 bits per heavy atom. The van der Waals surface area contributed by atoms with Gasteiger partial charge in [-0.2, -0.15) is 13.2 Å². The van der Waals surface area contributed by atoms with Crippen LogP contribution in [0.1, 0.15) is 44.7 Å². The Kier molecular flexibility index (Phi) is 6.21. The highest BCUT2D eigenvalue weighted by atomic mass is 19.4. The third-order valence-corrected chi connectivity index (χ3v) is 4.50. The van der Waals surface area contributed by atoms with Gasteiger partial charge < -0.3 is 10.2 Å². The van der Waals surface area contributed by atoms with Crippen molar-refractivity contribution >= 4 is 5.91 Å². The monoisotopic (exact) mass is 343 g/mol. The molecular formula is C17H24F3N3O. The number of hydrogen-bond acceptors (Lipinski definition) is 3. The molecule has 0 aromatic carbocycles. The van der Waals surface area contributed by atoms with E-state index in [4.69, 9.17) is 0 Å². The van der Waals surface area contributed by atoms with Gasteiger partial charge in [-0.1, -0.05) is 6.07 Å². The van der Waals surface area contributed by atoms with E-state index in [2.05, 4.69) is 29.0 Å². The zero-order valence-corrected chi connectivity index (χ0v) is 14.0. The molecule has 1 atom stereocenters. The standard InChI is InChI=1S/C17H24F3N3O/c1-12(2)23-8-5-13(6-9-23)10-15(24)22-16(17(18,19)20)14-4-3-7-21-11-14/h3-4,7,11-13,16H,5-6,8-10H2,1-2H3,(H,22,24). The highest BCUT2D eigenvalue weighted by molar-refractivity contribution is 5.76. The van der Waals surface area contributed by atoms with Crippen LogP contribution in [0.3, 0.4) is 0 Å². The third-order valence-electron chi connectivity index (χ3n) is 4.50. The first kappa shape index (κ1) is 18.7. The highest BCUT2D eigenvalue weighted by Crippen LogP contribution is 2.32. The molecule has 4 nitrogen and oxygen atoms in total. The summed E-state index contributed by atoms with van der Waals surface area (Å²) in [7, 11) is 0. The van der Waals surface area contributed by atoms with Crippen molar-refractivity contribution < 1.29 is 18.0 Å². The van der Waals surface area contributed by atoms with Gasteiger partial charge in [0.25, 0.3) is 0 Å². The van der Waals surface area contributed by atoms with E-state index < -0.39 is 18.1 Å². The van der Waals surface area contributed by atoms with Gasteiger partial charge in [-0.05, 0) is 51.8 Å². The van der Waals surface area contributed by atoms with E-state index in [1.165, 1.54) is 18.3 Å².